The minimum absolute atomic E-state index is 0.0630. The van der Waals surface area contributed by atoms with Crippen molar-refractivity contribution in [2.75, 3.05) is 11.4 Å². The van der Waals surface area contributed by atoms with Gasteiger partial charge < -0.3 is 4.90 Å². The number of carbonyl (C=O) groups excluding carboxylic acids is 1. The van der Waals surface area contributed by atoms with E-state index in [2.05, 4.69) is 11.2 Å². The maximum Gasteiger partial charge on any atom is 0.262 e. The molecular formula is C15H17N3O. The van der Waals surface area contributed by atoms with Crippen molar-refractivity contribution in [1.82, 2.24) is 9.78 Å². The molecule has 0 aliphatic carbocycles. The van der Waals surface area contributed by atoms with E-state index in [4.69, 9.17) is 0 Å². The van der Waals surface area contributed by atoms with E-state index in [0.717, 1.165) is 35.6 Å². The van der Waals surface area contributed by atoms with Crippen LogP contribution in [-0.4, -0.2) is 22.2 Å². The molecule has 1 aromatic carbocycles. The number of hydrogen-bond acceptors (Lipinski definition) is 2. The fourth-order valence-electron chi connectivity index (χ4n) is 2.77. The Labute approximate surface area is 112 Å². The van der Waals surface area contributed by atoms with Crippen LogP contribution in [-0.2, 0) is 13.5 Å². The van der Waals surface area contributed by atoms with E-state index in [-0.39, 0.29) is 5.91 Å². The molecule has 0 fully saturated rings. The smallest absolute Gasteiger partial charge is 0.262 e. The first-order valence-electron chi connectivity index (χ1n) is 6.49. The lowest BCUT2D eigenvalue weighted by Crippen LogP contribution is -2.29. The van der Waals surface area contributed by atoms with Gasteiger partial charge in [0, 0.05) is 25.0 Å². The maximum atomic E-state index is 12.7. The first kappa shape index (κ1) is 12.0. The van der Waals surface area contributed by atoms with Crippen LogP contribution >= 0.6 is 0 Å². The summed E-state index contributed by atoms with van der Waals surface area (Å²) in [6, 6.07) is 8.10. The summed E-state index contributed by atoms with van der Waals surface area (Å²) in [4.78, 5) is 14.6. The molecule has 19 heavy (non-hydrogen) atoms. The van der Waals surface area contributed by atoms with Crippen molar-refractivity contribution in [3.8, 4) is 0 Å². The Morgan fingerprint density at radius 1 is 1.26 bits per heavy atom. The van der Waals surface area contributed by atoms with E-state index in [1.54, 1.807) is 4.68 Å². The van der Waals surface area contributed by atoms with Crippen molar-refractivity contribution in [2.24, 2.45) is 7.05 Å². The minimum Gasteiger partial charge on any atom is -0.308 e. The van der Waals surface area contributed by atoms with Gasteiger partial charge in [0.05, 0.1) is 11.3 Å². The van der Waals surface area contributed by atoms with E-state index in [1.807, 2.05) is 44.0 Å². The molecule has 0 saturated carbocycles. The quantitative estimate of drug-likeness (QED) is 0.783. The molecule has 1 aliphatic heterocycles. The number of benzene rings is 1. The first-order chi connectivity index (χ1) is 9.09. The highest BCUT2D eigenvalue weighted by atomic mass is 16.2. The third-order valence-corrected chi connectivity index (χ3v) is 3.86. The van der Waals surface area contributed by atoms with Gasteiger partial charge in [-0.2, -0.15) is 5.10 Å². The number of anilines is 1. The molecule has 0 radical (unpaired) electrons. The molecule has 4 heteroatoms. The van der Waals surface area contributed by atoms with Gasteiger partial charge in [-0.05, 0) is 31.9 Å². The van der Waals surface area contributed by atoms with Crippen LogP contribution in [0.2, 0.25) is 0 Å². The number of aromatic nitrogens is 2. The summed E-state index contributed by atoms with van der Waals surface area (Å²) in [6.07, 6.45) is 0.931. The highest BCUT2D eigenvalue weighted by Crippen LogP contribution is 2.29. The molecule has 0 unspecified atom stereocenters. The lowest BCUT2D eigenvalue weighted by Gasteiger charge is -2.17. The summed E-state index contributed by atoms with van der Waals surface area (Å²) in [5.74, 6) is 0.0630. The van der Waals surface area contributed by atoms with Gasteiger partial charge in [-0.15, -0.1) is 0 Å². The van der Waals surface area contributed by atoms with Crippen molar-refractivity contribution >= 4 is 11.6 Å². The monoisotopic (exact) mass is 255 g/mol. The topological polar surface area (TPSA) is 38.1 Å². The van der Waals surface area contributed by atoms with Gasteiger partial charge in [-0.1, -0.05) is 18.2 Å². The molecule has 4 nitrogen and oxygen atoms in total. The summed E-state index contributed by atoms with van der Waals surface area (Å²) >= 11 is 0. The first-order valence-corrected chi connectivity index (χ1v) is 6.49. The Hall–Kier alpha value is -2.10. The van der Waals surface area contributed by atoms with Crippen molar-refractivity contribution < 1.29 is 4.79 Å². The van der Waals surface area contributed by atoms with E-state index >= 15 is 0 Å². The van der Waals surface area contributed by atoms with E-state index in [1.165, 1.54) is 5.56 Å². The van der Waals surface area contributed by atoms with Crippen molar-refractivity contribution in [1.29, 1.82) is 0 Å². The van der Waals surface area contributed by atoms with Crippen molar-refractivity contribution in [3.05, 3.63) is 46.8 Å². The van der Waals surface area contributed by atoms with E-state index < -0.39 is 0 Å². The average Bonchev–Trinajstić information content (AvgIpc) is 2.91. The van der Waals surface area contributed by atoms with Crippen LogP contribution in [0.5, 0.6) is 0 Å². The van der Waals surface area contributed by atoms with Gasteiger partial charge in [0.1, 0.15) is 0 Å². The Bertz CT molecular complexity index is 657. The molecular weight excluding hydrogens is 238 g/mol. The number of amides is 1. The van der Waals surface area contributed by atoms with Gasteiger partial charge in [0.25, 0.3) is 5.91 Å². The Kier molecular flexibility index (Phi) is 2.66. The normalized spacial score (nSPS) is 13.7. The third-order valence-electron chi connectivity index (χ3n) is 3.86. The highest BCUT2D eigenvalue weighted by Gasteiger charge is 2.28. The van der Waals surface area contributed by atoms with Crippen LogP contribution in [0.25, 0.3) is 0 Å². The lowest BCUT2D eigenvalue weighted by atomic mass is 10.1. The predicted octanol–water partition coefficient (Wildman–Crippen LogP) is 2.24. The number of rotatable bonds is 1. The van der Waals surface area contributed by atoms with Gasteiger partial charge >= 0.3 is 0 Å². The molecule has 3 rings (SSSR count). The second-order valence-electron chi connectivity index (χ2n) is 5.00. The molecule has 2 heterocycles. The summed E-state index contributed by atoms with van der Waals surface area (Å²) < 4.78 is 1.77. The summed E-state index contributed by atoms with van der Waals surface area (Å²) in [5, 5.41) is 4.33. The van der Waals surface area contributed by atoms with Crippen molar-refractivity contribution in [2.45, 2.75) is 20.3 Å². The summed E-state index contributed by atoms with van der Waals surface area (Å²) in [7, 11) is 1.87. The van der Waals surface area contributed by atoms with Crippen LogP contribution in [0.1, 0.15) is 27.3 Å². The molecule has 0 N–H and O–H groups in total. The van der Waals surface area contributed by atoms with Crippen LogP contribution in [0, 0.1) is 13.8 Å². The predicted molar refractivity (Wildman–Crippen MR) is 74.5 cm³/mol. The zero-order valence-corrected chi connectivity index (χ0v) is 11.5. The Morgan fingerprint density at radius 3 is 2.68 bits per heavy atom. The van der Waals surface area contributed by atoms with Crippen LogP contribution < -0.4 is 4.90 Å². The SMILES string of the molecule is Cc1nn(C)c(C)c1C(=O)N1CCc2ccccc21. The van der Waals surface area contributed by atoms with Crippen LogP contribution in [0.3, 0.4) is 0 Å². The number of fused-ring (bicyclic) bond motifs is 1. The Balaban J connectivity index is 2.03. The van der Waals surface area contributed by atoms with Gasteiger partial charge in [0.15, 0.2) is 0 Å². The fourth-order valence-corrected chi connectivity index (χ4v) is 2.77. The molecule has 2 aromatic rings. The molecule has 0 spiro atoms. The number of nitrogens with zero attached hydrogens (tertiary/aromatic N) is 3. The van der Waals surface area contributed by atoms with E-state index in [9.17, 15) is 4.79 Å². The third kappa shape index (κ3) is 1.75. The van der Waals surface area contributed by atoms with Crippen LogP contribution in [0.4, 0.5) is 5.69 Å². The number of carbonyl (C=O) groups is 1. The van der Waals surface area contributed by atoms with E-state index in [0.29, 0.717) is 0 Å². The lowest BCUT2D eigenvalue weighted by molar-refractivity contribution is 0.0988. The molecule has 1 amide bonds. The van der Waals surface area contributed by atoms with Crippen molar-refractivity contribution in [3.63, 3.8) is 0 Å². The molecule has 0 atom stereocenters. The molecule has 98 valence electrons. The summed E-state index contributed by atoms with van der Waals surface area (Å²) in [6.45, 7) is 4.59. The van der Waals surface area contributed by atoms with Gasteiger partial charge in [0.2, 0.25) is 0 Å². The number of aryl methyl sites for hydroxylation is 2. The number of hydrogen-bond donors (Lipinski definition) is 0. The second-order valence-corrected chi connectivity index (χ2v) is 5.00. The largest absolute Gasteiger partial charge is 0.308 e. The molecule has 0 bridgehead atoms. The van der Waals surface area contributed by atoms with Gasteiger partial charge in [-0.3, -0.25) is 9.48 Å². The number of para-hydroxylation sites is 1. The van der Waals surface area contributed by atoms with Gasteiger partial charge in [-0.25, -0.2) is 0 Å². The molecule has 0 saturated heterocycles. The minimum atomic E-state index is 0.0630. The zero-order chi connectivity index (χ0) is 13.6. The fraction of sp³-hybridized carbons (Fsp3) is 0.333. The van der Waals surface area contributed by atoms with Crippen LogP contribution in [0.15, 0.2) is 24.3 Å². The second kappa shape index (κ2) is 4.23. The zero-order valence-electron chi connectivity index (χ0n) is 11.5. The summed E-state index contributed by atoms with van der Waals surface area (Å²) in [5.41, 5.74) is 4.74. The average molecular weight is 255 g/mol. The Morgan fingerprint density at radius 2 is 2.00 bits per heavy atom. The molecule has 1 aliphatic rings. The molecule has 1 aromatic heterocycles. The highest BCUT2D eigenvalue weighted by molar-refractivity contribution is 6.08. The maximum absolute atomic E-state index is 12.7. The standard InChI is InChI=1S/C15H17N3O/c1-10-14(11(2)17(3)16-10)15(19)18-9-8-12-6-4-5-7-13(12)18/h4-7H,8-9H2,1-3H3.